The maximum Gasteiger partial charge on any atom is 0.317 e. The summed E-state index contributed by atoms with van der Waals surface area (Å²) in [5.74, 6) is -1.70. The Kier molecular flexibility index (Phi) is 4.77. The molecule has 2 N–H and O–H groups in total. The van der Waals surface area contributed by atoms with Crippen LogP contribution in [-0.4, -0.2) is 48.4 Å². The first-order valence-electron chi connectivity index (χ1n) is 7.81. The van der Waals surface area contributed by atoms with Gasteiger partial charge in [0.2, 0.25) is 0 Å². The summed E-state index contributed by atoms with van der Waals surface area (Å²) in [5.41, 5.74) is 0.515. The Hall–Kier alpha value is -1.73. The van der Waals surface area contributed by atoms with Crippen LogP contribution in [0.2, 0.25) is 0 Å². The van der Waals surface area contributed by atoms with Gasteiger partial charge in [-0.3, -0.25) is 0 Å². The van der Waals surface area contributed by atoms with E-state index in [-0.39, 0.29) is 24.6 Å². The average molecular weight is 326 g/mol. The number of hydrogen-bond donors (Lipinski definition) is 2. The third-order valence-electron chi connectivity index (χ3n) is 4.50. The van der Waals surface area contributed by atoms with E-state index < -0.39 is 17.7 Å². The molecule has 0 aliphatic carbocycles. The number of aliphatic hydroxyl groups is 1. The Labute approximate surface area is 133 Å². The van der Waals surface area contributed by atoms with Crippen LogP contribution in [-0.2, 0) is 4.74 Å². The zero-order valence-electron chi connectivity index (χ0n) is 12.7. The standard InChI is InChI=1S/C16H20F2N2O3/c17-12-2-1-11(7-13(12)18)15-14(4-6-23-15)19-16(22)20-5-3-10(8-20)9-21/h1-2,7,10,14-15,21H,3-6,8-9H2,(H,19,22)/t10-,14+,15-/m0/s1. The normalized spacial score (nSPS) is 27.4. The summed E-state index contributed by atoms with van der Waals surface area (Å²) in [6.07, 6.45) is 0.926. The SMILES string of the molecule is O=C(N[C@@H]1CCO[C@H]1c1ccc(F)c(F)c1)N1CC[C@H](CO)C1. The monoisotopic (exact) mass is 326 g/mol. The van der Waals surface area contributed by atoms with E-state index >= 15 is 0 Å². The van der Waals surface area contributed by atoms with Crippen molar-refractivity contribution >= 4 is 6.03 Å². The molecule has 2 aliphatic rings. The topological polar surface area (TPSA) is 61.8 Å². The molecule has 2 saturated heterocycles. The predicted molar refractivity (Wildman–Crippen MR) is 78.8 cm³/mol. The fraction of sp³-hybridized carbons (Fsp3) is 0.562. The van der Waals surface area contributed by atoms with Crippen molar-refractivity contribution in [3.05, 3.63) is 35.4 Å². The van der Waals surface area contributed by atoms with Crippen LogP contribution in [0, 0.1) is 17.6 Å². The van der Waals surface area contributed by atoms with Crippen molar-refractivity contribution < 1.29 is 23.4 Å². The molecule has 0 radical (unpaired) electrons. The second-order valence-electron chi connectivity index (χ2n) is 6.09. The second-order valence-corrected chi connectivity index (χ2v) is 6.09. The molecule has 5 nitrogen and oxygen atoms in total. The summed E-state index contributed by atoms with van der Waals surface area (Å²) in [7, 11) is 0. The lowest BCUT2D eigenvalue weighted by molar-refractivity contribution is 0.0980. The Morgan fingerprint density at radius 2 is 2.17 bits per heavy atom. The van der Waals surface area contributed by atoms with Crippen LogP contribution in [0.15, 0.2) is 18.2 Å². The summed E-state index contributed by atoms with van der Waals surface area (Å²) < 4.78 is 32.0. The zero-order valence-corrected chi connectivity index (χ0v) is 12.7. The highest BCUT2D eigenvalue weighted by Gasteiger charge is 2.34. The third-order valence-corrected chi connectivity index (χ3v) is 4.50. The number of likely N-dealkylation sites (tertiary alicyclic amines) is 1. The van der Waals surface area contributed by atoms with Crippen LogP contribution < -0.4 is 5.32 Å². The molecule has 2 heterocycles. The number of nitrogens with one attached hydrogen (secondary N) is 1. The minimum absolute atomic E-state index is 0.0772. The Morgan fingerprint density at radius 3 is 2.87 bits per heavy atom. The highest BCUT2D eigenvalue weighted by Crippen LogP contribution is 2.30. The summed E-state index contributed by atoms with van der Waals surface area (Å²) in [6, 6.07) is 3.18. The van der Waals surface area contributed by atoms with Gasteiger partial charge >= 0.3 is 6.03 Å². The van der Waals surface area contributed by atoms with Gasteiger partial charge in [0, 0.05) is 32.2 Å². The summed E-state index contributed by atoms with van der Waals surface area (Å²) in [6.45, 7) is 1.67. The molecule has 126 valence electrons. The number of aliphatic hydroxyl groups excluding tert-OH is 1. The smallest absolute Gasteiger partial charge is 0.317 e. The van der Waals surface area contributed by atoms with Crippen LogP contribution in [0.3, 0.4) is 0 Å². The van der Waals surface area contributed by atoms with Crippen LogP contribution >= 0.6 is 0 Å². The number of carbonyl (C=O) groups is 1. The van der Waals surface area contributed by atoms with Gasteiger partial charge in [-0.15, -0.1) is 0 Å². The van der Waals surface area contributed by atoms with Gasteiger partial charge in [-0.2, -0.15) is 0 Å². The molecule has 0 unspecified atom stereocenters. The number of halogens is 2. The number of carbonyl (C=O) groups excluding carboxylic acids is 1. The first-order chi connectivity index (χ1) is 11.1. The van der Waals surface area contributed by atoms with Crippen molar-refractivity contribution in [1.82, 2.24) is 10.2 Å². The van der Waals surface area contributed by atoms with E-state index in [1.165, 1.54) is 6.07 Å². The van der Waals surface area contributed by atoms with Crippen molar-refractivity contribution in [3.8, 4) is 0 Å². The maximum absolute atomic E-state index is 13.4. The Morgan fingerprint density at radius 1 is 1.35 bits per heavy atom. The van der Waals surface area contributed by atoms with Gasteiger partial charge in [0.15, 0.2) is 11.6 Å². The number of hydrogen-bond acceptors (Lipinski definition) is 3. The molecule has 2 fully saturated rings. The maximum atomic E-state index is 13.4. The molecule has 0 bridgehead atoms. The Balaban J connectivity index is 1.65. The molecule has 23 heavy (non-hydrogen) atoms. The molecule has 1 aromatic carbocycles. The lowest BCUT2D eigenvalue weighted by atomic mass is 10.0. The third kappa shape index (κ3) is 3.45. The second kappa shape index (κ2) is 6.80. The molecule has 2 amide bonds. The number of ether oxygens (including phenoxy) is 1. The van der Waals surface area contributed by atoms with Crippen molar-refractivity contribution in [2.24, 2.45) is 5.92 Å². The van der Waals surface area contributed by atoms with Crippen LogP contribution in [0.25, 0.3) is 0 Å². The first kappa shape index (κ1) is 16.1. The van der Waals surface area contributed by atoms with Crippen molar-refractivity contribution in [2.75, 3.05) is 26.3 Å². The zero-order chi connectivity index (χ0) is 16.4. The van der Waals surface area contributed by atoms with Gasteiger partial charge in [0.05, 0.1) is 6.04 Å². The van der Waals surface area contributed by atoms with Gasteiger partial charge in [0.25, 0.3) is 0 Å². The van der Waals surface area contributed by atoms with Crippen LogP contribution in [0.1, 0.15) is 24.5 Å². The number of urea groups is 1. The average Bonchev–Trinajstić information content (AvgIpc) is 3.19. The van der Waals surface area contributed by atoms with Crippen molar-refractivity contribution in [1.29, 1.82) is 0 Å². The number of benzene rings is 1. The molecule has 3 rings (SSSR count). The number of nitrogens with zero attached hydrogens (tertiary/aromatic N) is 1. The first-order valence-corrected chi connectivity index (χ1v) is 7.81. The van der Waals surface area contributed by atoms with Gasteiger partial charge in [-0.1, -0.05) is 6.07 Å². The molecule has 0 saturated carbocycles. The lowest BCUT2D eigenvalue weighted by Gasteiger charge is -2.24. The van der Waals surface area contributed by atoms with E-state index in [2.05, 4.69) is 5.32 Å². The van der Waals surface area contributed by atoms with Crippen LogP contribution in [0.4, 0.5) is 13.6 Å². The molecule has 3 atom stereocenters. The molecule has 7 heteroatoms. The van der Waals surface area contributed by atoms with Gasteiger partial charge in [-0.05, 0) is 30.5 Å². The summed E-state index contributed by atoms with van der Waals surface area (Å²) in [4.78, 5) is 14.0. The van der Waals surface area contributed by atoms with Crippen molar-refractivity contribution in [3.63, 3.8) is 0 Å². The number of amides is 2. The summed E-state index contributed by atoms with van der Waals surface area (Å²) in [5, 5.41) is 12.1. The van der Waals surface area contributed by atoms with E-state index in [1.807, 2.05) is 0 Å². The molecule has 0 spiro atoms. The quantitative estimate of drug-likeness (QED) is 0.891. The van der Waals surface area contributed by atoms with E-state index in [0.29, 0.717) is 31.7 Å². The fourth-order valence-corrected chi connectivity index (χ4v) is 3.17. The molecule has 0 aromatic heterocycles. The van der Waals surface area contributed by atoms with Crippen molar-refractivity contribution in [2.45, 2.75) is 25.0 Å². The molecule has 2 aliphatic heterocycles. The van der Waals surface area contributed by atoms with E-state index in [0.717, 1.165) is 18.6 Å². The largest absolute Gasteiger partial charge is 0.396 e. The van der Waals surface area contributed by atoms with E-state index in [9.17, 15) is 13.6 Å². The van der Waals surface area contributed by atoms with Gasteiger partial charge < -0.3 is 20.1 Å². The van der Waals surface area contributed by atoms with Gasteiger partial charge in [0.1, 0.15) is 6.10 Å². The molecule has 1 aromatic rings. The Bertz CT molecular complexity index is 584. The minimum atomic E-state index is -0.923. The number of rotatable bonds is 3. The molecular formula is C16H20F2N2O3. The highest BCUT2D eigenvalue weighted by molar-refractivity contribution is 5.75. The van der Waals surface area contributed by atoms with E-state index in [1.54, 1.807) is 4.90 Å². The minimum Gasteiger partial charge on any atom is -0.396 e. The lowest BCUT2D eigenvalue weighted by Crippen LogP contribution is -2.45. The summed E-state index contributed by atoms with van der Waals surface area (Å²) >= 11 is 0. The van der Waals surface area contributed by atoms with E-state index in [4.69, 9.17) is 9.84 Å². The predicted octanol–water partition coefficient (Wildman–Crippen LogP) is 1.82. The fourth-order valence-electron chi connectivity index (χ4n) is 3.17. The molecular weight excluding hydrogens is 306 g/mol. The van der Waals surface area contributed by atoms with Gasteiger partial charge in [-0.25, -0.2) is 13.6 Å². The highest BCUT2D eigenvalue weighted by atomic mass is 19.2. The van der Waals surface area contributed by atoms with Crippen LogP contribution in [0.5, 0.6) is 0 Å².